The molecule has 1 rings (SSSR count). The van der Waals surface area contributed by atoms with Crippen LogP contribution in [0.5, 0.6) is 0 Å². The molecule has 0 spiro atoms. The van der Waals surface area contributed by atoms with Crippen molar-refractivity contribution in [2.45, 2.75) is 12.5 Å². The number of rotatable bonds is 12. The van der Waals surface area contributed by atoms with Gasteiger partial charge in [-0.25, -0.2) is 0 Å². The molecule has 0 heterocycles. The molecule has 0 fully saturated rings. The van der Waals surface area contributed by atoms with Crippen LogP contribution in [-0.2, 0) is 13.3 Å². The van der Waals surface area contributed by atoms with Gasteiger partial charge in [0, 0.05) is 40.5 Å². The smallest absolute Gasteiger partial charge is 0.390 e. The van der Waals surface area contributed by atoms with Crippen molar-refractivity contribution < 1.29 is 13.3 Å². The van der Waals surface area contributed by atoms with Crippen molar-refractivity contribution in [2.75, 3.05) is 48.0 Å². The third-order valence-electron chi connectivity index (χ3n) is 3.79. The van der Waals surface area contributed by atoms with E-state index in [-0.39, 0.29) is 0 Å². The molecule has 0 aromatic heterocycles. The van der Waals surface area contributed by atoms with Crippen LogP contribution in [0.25, 0.3) is 6.08 Å². The molecular formula is C17H30N2O3Si. The van der Waals surface area contributed by atoms with Gasteiger partial charge in [0.1, 0.15) is 0 Å². The highest BCUT2D eigenvalue weighted by molar-refractivity contribution is 6.60. The summed E-state index contributed by atoms with van der Waals surface area (Å²) in [5.41, 5.74) is 1.20. The van der Waals surface area contributed by atoms with Crippen LogP contribution in [0, 0.1) is 0 Å². The summed E-state index contributed by atoms with van der Waals surface area (Å²) in [6.07, 6.45) is 5.08. The molecule has 1 aromatic carbocycles. The number of hydrogen-bond donors (Lipinski definition) is 1. The summed E-state index contributed by atoms with van der Waals surface area (Å²) in [5.74, 6) is 0. The fourth-order valence-corrected chi connectivity index (χ4v) is 4.00. The molecule has 1 N–H and O–H groups in total. The van der Waals surface area contributed by atoms with Crippen LogP contribution < -0.4 is 5.32 Å². The van der Waals surface area contributed by atoms with E-state index in [2.05, 4.69) is 35.5 Å². The van der Waals surface area contributed by atoms with Gasteiger partial charge in [-0.15, -0.1) is 0 Å². The summed E-state index contributed by atoms with van der Waals surface area (Å²) >= 11 is 0. The van der Waals surface area contributed by atoms with Gasteiger partial charge >= 0.3 is 8.80 Å². The molecule has 0 saturated carbocycles. The van der Waals surface area contributed by atoms with Gasteiger partial charge in [-0.1, -0.05) is 30.3 Å². The third-order valence-corrected chi connectivity index (χ3v) is 6.62. The number of likely N-dealkylation sites (N-methyl/N-ethyl adjacent to an activating group) is 1. The van der Waals surface area contributed by atoms with Crippen LogP contribution in [-0.4, -0.2) is 61.7 Å². The Bertz CT molecular complexity index is 430. The molecule has 23 heavy (non-hydrogen) atoms. The normalized spacial score (nSPS) is 12.2. The lowest BCUT2D eigenvalue weighted by atomic mass is 10.2. The zero-order chi connectivity index (χ0) is 17.0. The van der Waals surface area contributed by atoms with Crippen LogP contribution >= 0.6 is 0 Å². The fraction of sp³-hybridized carbons (Fsp3) is 0.529. The molecule has 0 aliphatic heterocycles. The maximum atomic E-state index is 5.43. The minimum absolute atomic E-state index is 0.835. The molecule has 0 saturated heterocycles. The number of hydrogen-bond acceptors (Lipinski definition) is 5. The second-order valence-electron chi connectivity index (χ2n) is 5.40. The average Bonchev–Trinajstić information content (AvgIpc) is 2.60. The standard InChI is InChI=1S/C17H30N2O3Si/c1-19(14-8-16-23(20-2,21-3)22-4)15-13-18-12-11-17-9-6-5-7-10-17/h5-7,9-12,18H,8,13-16H2,1-4H3/b12-11-. The molecule has 0 unspecified atom stereocenters. The first-order valence-corrected chi connectivity index (χ1v) is 9.88. The first kappa shape index (κ1) is 19.9. The Labute approximate surface area is 141 Å². The summed E-state index contributed by atoms with van der Waals surface area (Å²) in [4.78, 5) is 2.30. The van der Waals surface area contributed by atoms with Crippen LogP contribution in [0.3, 0.4) is 0 Å². The summed E-state index contributed by atoms with van der Waals surface area (Å²) < 4.78 is 16.3. The van der Waals surface area contributed by atoms with E-state index < -0.39 is 8.80 Å². The molecule has 0 atom stereocenters. The minimum atomic E-state index is -2.42. The predicted octanol–water partition coefficient (Wildman–Crippen LogP) is 2.45. The summed E-state index contributed by atoms with van der Waals surface area (Å²) in [7, 11) is 4.68. The summed E-state index contributed by atoms with van der Waals surface area (Å²) in [5, 5.41) is 3.32. The van der Waals surface area contributed by atoms with Crippen LogP contribution in [0.4, 0.5) is 0 Å². The fourth-order valence-electron chi connectivity index (χ4n) is 2.29. The molecule has 0 aliphatic carbocycles. The van der Waals surface area contributed by atoms with E-state index in [0.717, 1.165) is 32.1 Å². The first-order chi connectivity index (χ1) is 11.2. The van der Waals surface area contributed by atoms with Gasteiger partial charge in [0.25, 0.3) is 0 Å². The van der Waals surface area contributed by atoms with Gasteiger partial charge in [0.05, 0.1) is 0 Å². The van der Waals surface area contributed by atoms with Crippen molar-refractivity contribution in [1.82, 2.24) is 10.2 Å². The van der Waals surface area contributed by atoms with Gasteiger partial charge < -0.3 is 23.5 Å². The minimum Gasteiger partial charge on any atom is -0.390 e. The summed E-state index contributed by atoms with van der Waals surface area (Å²) in [6.45, 7) is 2.90. The van der Waals surface area contributed by atoms with Gasteiger partial charge in [-0.2, -0.15) is 0 Å². The Hall–Kier alpha value is -1.18. The molecule has 5 nitrogen and oxygen atoms in total. The lowest BCUT2D eigenvalue weighted by Gasteiger charge is -2.25. The van der Waals surface area contributed by atoms with E-state index in [4.69, 9.17) is 13.3 Å². The lowest BCUT2D eigenvalue weighted by molar-refractivity contribution is 0.122. The molecule has 0 amide bonds. The van der Waals surface area contributed by atoms with Crippen LogP contribution in [0.15, 0.2) is 36.5 Å². The van der Waals surface area contributed by atoms with E-state index in [1.807, 2.05) is 24.4 Å². The van der Waals surface area contributed by atoms with Crippen molar-refractivity contribution in [1.29, 1.82) is 0 Å². The summed E-state index contributed by atoms with van der Waals surface area (Å²) in [6, 6.07) is 11.1. The quantitative estimate of drug-likeness (QED) is 0.468. The number of nitrogens with one attached hydrogen (secondary N) is 1. The molecule has 0 bridgehead atoms. The third kappa shape index (κ3) is 7.76. The van der Waals surface area contributed by atoms with Gasteiger partial charge in [0.2, 0.25) is 0 Å². The topological polar surface area (TPSA) is 43.0 Å². The largest absolute Gasteiger partial charge is 0.500 e. The Morgan fingerprint density at radius 3 is 2.30 bits per heavy atom. The predicted molar refractivity (Wildman–Crippen MR) is 97.2 cm³/mol. The molecule has 130 valence electrons. The Balaban J connectivity index is 2.15. The Morgan fingerprint density at radius 2 is 1.70 bits per heavy atom. The van der Waals surface area contributed by atoms with Crippen LogP contribution in [0.1, 0.15) is 12.0 Å². The average molecular weight is 339 g/mol. The van der Waals surface area contributed by atoms with Gasteiger partial charge in [-0.05, 0) is 37.9 Å². The highest BCUT2D eigenvalue weighted by Crippen LogP contribution is 2.14. The van der Waals surface area contributed by atoms with Gasteiger partial charge in [0.15, 0.2) is 0 Å². The number of benzene rings is 1. The SMILES string of the molecule is CO[Si](CCCN(C)CCN/C=C\c1ccccc1)(OC)OC. The van der Waals surface area contributed by atoms with E-state index in [9.17, 15) is 0 Å². The lowest BCUT2D eigenvalue weighted by Crippen LogP contribution is -2.43. The van der Waals surface area contributed by atoms with E-state index in [0.29, 0.717) is 0 Å². The second kappa shape index (κ2) is 11.4. The van der Waals surface area contributed by atoms with Crippen LogP contribution in [0.2, 0.25) is 6.04 Å². The zero-order valence-electron chi connectivity index (χ0n) is 14.7. The van der Waals surface area contributed by atoms with Crippen molar-refractivity contribution >= 4 is 14.9 Å². The highest BCUT2D eigenvalue weighted by atomic mass is 28.4. The van der Waals surface area contributed by atoms with Crippen molar-refractivity contribution in [3.8, 4) is 0 Å². The Morgan fingerprint density at radius 1 is 1.04 bits per heavy atom. The second-order valence-corrected chi connectivity index (χ2v) is 8.49. The maximum Gasteiger partial charge on any atom is 0.500 e. The maximum absolute atomic E-state index is 5.43. The first-order valence-electron chi connectivity index (χ1n) is 7.95. The van der Waals surface area contributed by atoms with Gasteiger partial charge in [-0.3, -0.25) is 0 Å². The molecular weight excluding hydrogens is 308 g/mol. The van der Waals surface area contributed by atoms with Crippen molar-refractivity contribution in [3.63, 3.8) is 0 Å². The number of nitrogens with zero attached hydrogens (tertiary/aromatic N) is 1. The molecule has 0 radical (unpaired) electrons. The van der Waals surface area contributed by atoms with E-state index in [1.54, 1.807) is 21.3 Å². The monoisotopic (exact) mass is 338 g/mol. The van der Waals surface area contributed by atoms with E-state index >= 15 is 0 Å². The van der Waals surface area contributed by atoms with E-state index in [1.165, 1.54) is 5.56 Å². The highest BCUT2D eigenvalue weighted by Gasteiger charge is 2.36. The molecule has 6 heteroatoms. The zero-order valence-corrected chi connectivity index (χ0v) is 15.7. The molecule has 1 aromatic rings. The van der Waals surface area contributed by atoms with Crippen molar-refractivity contribution in [3.05, 3.63) is 42.1 Å². The van der Waals surface area contributed by atoms with Crippen molar-refractivity contribution in [2.24, 2.45) is 0 Å². The Kier molecular flexibility index (Phi) is 9.82. The molecule has 0 aliphatic rings.